The van der Waals surface area contributed by atoms with E-state index in [1.165, 1.54) is 77.6 Å². The maximum Gasteiger partial charge on any atom is 0.0654 e. The minimum Gasteiger partial charge on any atom is -0.309 e. The minimum atomic E-state index is -0.0326. The van der Waals surface area contributed by atoms with Crippen molar-refractivity contribution in [3.8, 4) is 27.9 Å². The Morgan fingerprint density at radius 3 is 2.26 bits per heavy atom. The van der Waals surface area contributed by atoms with E-state index in [9.17, 15) is 0 Å². The molecule has 10 rings (SSSR count). The molecule has 6 aromatic rings. The summed E-state index contributed by atoms with van der Waals surface area (Å²) in [5, 5.41) is 2.53. The molecule has 1 aromatic heterocycles. The first-order valence-electron chi connectivity index (χ1n) is 19.3. The van der Waals surface area contributed by atoms with Gasteiger partial charge in [0.15, 0.2) is 0 Å². The summed E-state index contributed by atoms with van der Waals surface area (Å²) in [6, 6.07) is 41.1. The van der Waals surface area contributed by atoms with Gasteiger partial charge in [0.1, 0.15) is 0 Å². The van der Waals surface area contributed by atoms with Gasteiger partial charge in [-0.2, -0.15) is 12.6 Å². The Hall–Kier alpha value is -5.38. The molecule has 266 valence electrons. The molecule has 2 heterocycles. The first kappa shape index (κ1) is 34.4. The maximum absolute atomic E-state index is 5.49. The van der Waals surface area contributed by atoms with E-state index >= 15 is 0 Å². The highest BCUT2D eigenvalue weighted by Crippen LogP contribution is 2.49. The SMILES string of the molecule is CC1(C)c2ccccc2-c2ccc(-c3ccc4c(c3)c3ccc(C5=NC(C6C=CC=CC6)CC(C6=CC=CCC6)=C5)cc3n4-c3ccccc3)cc21.CS. The van der Waals surface area contributed by atoms with Crippen molar-refractivity contribution in [1.82, 2.24) is 4.57 Å². The van der Waals surface area contributed by atoms with E-state index in [1.54, 1.807) is 6.26 Å². The number of allylic oxidation sites excluding steroid dienone is 8. The summed E-state index contributed by atoms with van der Waals surface area (Å²) in [6.07, 6.45) is 24.2. The second-order valence-electron chi connectivity index (χ2n) is 15.4. The third-order valence-electron chi connectivity index (χ3n) is 12.0. The number of nitrogens with zero attached hydrogens (tertiary/aromatic N) is 2. The summed E-state index contributed by atoms with van der Waals surface area (Å²) in [5.74, 6) is 0.417. The minimum absolute atomic E-state index is 0.0326. The normalized spacial score (nSPS) is 19.4. The first-order valence-corrected chi connectivity index (χ1v) is 20.2. The molecule has 3 heteroatoms. The van der Waals surface area contributed by atoms with Gasteiger partial charge in [-0.3, -0.25) is 4.99 Å². The van der Waals surface area contributed by atoms with Gasteiger partial charge in [0.2, 0.25) is 0 Å². The fourth-order valence-corrected chi connectivity index (χ4v) is 9.19. The number of fused-ring (bicyclic) bond motifs is 6. The van der Waals surface area contributed by atoms with Crippen molar-refractivity contribution < 1.29 is 0 Å². The van der Waals surface area contributed by atoms with Crippen LogP contribution in [-0.2, 0) is 5.41 Å². The molecule has 2 atom stereocenters. The second-order valence-corrected chi connectivity index (χ2v) is 15.4. The zero-order chi connectivity index (χ0) is 36.8. The van der Waals surface area contributed by atoms with Gasteiger partial charge in [-0.1, -0.05) is 129 Å². The van der Waals surface area contributed by atoms with Gasteiger partial charge >= 0.3 is 0 Å². The quantitative estimate of drug-likeness (QED) is 0.171. The average molecular weight is 719 g/mol. The van der Waals surface area contributed by atoms with Crippen LogP contribution in [0.5, 0.6) is 0 Å². The molecule has 4 aliphatic rings. The van der Waals surface area contributed by atoms with Crippen molar-refractivity contribution in [2.24, 2.45) is 10.9 Å². The molecule has 0 bridgehead atoms. The third kappa shape index (κ3) is 5.86. The van der Waals surface area contributed by atoms with E-state index in [4.69, 9.17) is 4.99 Å². The van der Waals surface area contributed by atoms with Crippen LogP contribution >= 0.6 is 12.6 Å². The number of dihydropyridines is 1. The van der Waals surface area contributed by atoms with Crippen LogP contribution in [0.4, 0.5) is 0 Å². The number of benzene rings is 5. The first-order chi connectivity index (χ1) is 26.5. The Morgan fingerprint density at radius 1 is 0.667 bits per heavy atom. The summed E-state index contributed by atoms with van der Waals surface area (Å²) >= 11 is 3.53. The number of aromatic nitrogens is 1. The standard InChI is InChI=1S/C50H42N2.CH4S/c1-50(2)44-21-13-12-20-40(44)41-25-22-36(29-45(41)50)35-24-27-48-43(28-35)42-26-23-37(32-49(42)52(48)39-18-10-5-11-19-39)47-31-38(33-14-6-3-7-15-33)30-46(51-47)34-16-8-4-9-17-34;1-2/h3-6,8-14,16,18-29,31-32,34,46H,7,15,17,30H2,1-2H3;2H,1H3. The van der Waals surface area contributed by atoms with E-state index in [2.05, 4.69) is 189 Å². The van der Waals surface area contributed by atoms with Gasteiger partial charge in [0.25, 0.3) is 0 Å². The zero-order valence-corrected chi connectivity index (χ0v) is 32.2. The molecule has 0 saturated heterocycles. The second kappa shape index (κ2) is 14.1. The highest BCUT2D eigenvalue weighted by Gasteiger charge is 2.35. The number of hydrogen-bond donors (Lipinski definition) is 1. The third-order valence-corrected chi connectivity index (χ3v) is 12.0. The number of hydrogen-bond acceptors (Lipinski definition) is 2. The van der Waals surface area contributed by atoms with Crippen LogP contribution in [0, 0.1) is 5.92 Å². The van der Waals surface area contributed by atoms with Crippen molar-refractivity contribution in [2.45, 2.75) is 51.0 Å². The van der Waals surface area contributed by atoms with Gasteiger partial charge in [0.05, 0.1) is 22.8 Å². The Labute approximate surface area is 325 Å². The Morgan fingerprint density at radius 2 is 1.44 bits per heavy atom. The van der Waals surface area contributed by atoms with Crippen molar-refractivity contribution in [1.29, 1.82) is 0 Å². The zero-order valence-electron chi connectivity index (χ0n) is 31.3. The number of para-hydroxylation sites is 1. The van der Waals surface area contributed by atoms with Crippen LogP contribution in [-0.4, -0.2) is 22.6 Å². The molecule has 5 aromatic carbocycles. The van der Waals surface area contributed by atoms with Crippen LogP contribution in [0.25, 0.3) is 49.7 Å². The molecule has 0 amide bonds. The summed E-state index contributed by atoms with van der Waals surface area (Å²) in [7, 11) is 0. The van der Waals surface area contributed by atoms with Crippen molar-refractivity contribution in [3.05, 3.63) is 186 Å². The van der Waals surface area contributed by atoms with Gasteiger partial charge in [-0.25, -0.2) is 0 Å². The van der Waals surface area contributed by atoms with Crippen molar-refractivity contribution >= 4 is 40.1 Å². The maximum atomic E-state index is 5.49. The van der Waals surface area contributed by atoms with E-state index in [0.717, 1.165) is 31.4 Å². The molecule has 0 N–H and O–H groups in total. The lowest BCUT2D eigenvalue weighted by molar-refractivity contribution is 0.498. The van der Waals surface area contributed by atoms with Crippen molar-refractivity contribution in [3.63, 3.8) is 0 Å². The van der Waals surface area contributed by atoms with E-state index in [-0.39, 0.29) is 11.5 Å². The molecule has 0 radical (unpaired) electrons. The van der Waals surface area contributed by atoms with Crippen molar-refractivity contribution in [2.75, 3.05) is 6.26 Å². The van der Waals surface area contributed by atoms with Gasteiger partial charge < -0.3 is 4.57 Å². The van der Waals surface area contributed by atoms with Gasteiger partial charge in [-0.15, -0.1) is 0 Å². The molecule has 54 heavy (non-hydrogen) atoms. The predicted molar refractivity (Wildman–Crippen MR) is 235 cm³/mol. The van der Waals surface area contributed by atoms with Crippen LogP contribution in [0.2, 0.25) is 0 Å². The lowest BCUT2D eigenvalue weighted by Gasteiger charge is -2.28. The average Bonchev–Trinajstić information content (AvgIpc) is 3.69. The Kier molecular flexibility index (Phi) is 8.99. The molecule has 0 fully saturated rings. The highest BCUT2D eigenvalue weighted by atomic mass is 32.1. The monoisotopic (exact) mass is 718 g/mol. The molecule has 3 aliphatic carbocycles. The molecule has 2 nitrogen and oxygen atoms in total. The fraction of sp³-hybridized carbons (Fsp3) is 0.196. The predicted octanol–water partition coefficient (Wildman–Crippen LogP) is 13.2. The molecular formula is C51H46N2S. The Bertz CT molecular complexity index is 2610. The summed E-state index contributed by atoms with van der Waals surface area (Å²) in [4.78, 5) is 5.49. The Balaban J connectivity index is 0.00000189. The molecule has 0 saturated carbocycles. The molecule has 0 spiro atoms. The van der Waals surface area contributed by atoms with Crippen LogP contribution < -0.4 is 0 Å². The lowest BCUT2D eigenvalue weighted by atomic mass is 9.81. The van der Waals surface area contributed by atoms with Crippen LogP contribution in [0.1, 0.15) is 56.2 Å². The highest BCUT2D eigenvalue weighted by molar-refractivity contribution is 7.79. The summed E-state index contributed by atoms with van der Waals surface area (Å²) in [5.41, 5.74) is 16.8. The van der Waals surface area contributed by atoms with Gasteiger partial charge in [0, 0.05) is 33.4 Å². The topological polar surface area (TPSA) is 17.3 Å². The fourth-order valence-electron chi connectivity index (χ4n) is 9.19. The number of aliphatic imine (C=N–C) groups is 1. The lowest BCUT2D eigenvalue weighted by Crippen LogP contribution is -2.24. The summed E-state index contributed by atoms with van der Waals surface area (Å²) in [6.45, 7) is 4.72. The van der Waals surface area contributed by atoms with E-state index < -0.39 is 0 Å². The molecular weight excluding hydrogens is 673 g/mol. The van der Waals surface area contributed by atoms with E-state index in [1.807, 2.05) is 0 Å². The molecule has 1 aliphatic heterocycles. The largest absolute Gasteiger partial charge is 0.309 e. The smallest absolute Gasteiger partial charge is 0.0654 e. The number of thiol groups is 1. The van der Waals surface area contributed by atoms with Crippen LogP contribution in [0.3, 0.4) is 0 Å². The van der Waals surface area contributed by atoms with Gasteiger partial charge in [-0.05, 0) is 119 Å². The van der Waals surface area contributed by atoms with Crippen LogP contribution in [0.15, 0.2) is 174 Å². The summed E-state index contributed by atoms with van der Waals surface area (Å²) < 4.78 is 2.44. The number of rotatable bonds is 5. The van der Waals surface area contributed by atoms with E-state index in [0.29, 0.717) is 5.92 Å². The molecule has 2 unspecified atom stereocenters.